The first-order valence-electron chi connectivity index (χ1n) is 7.38. The smallest absolute Gasteiger partial charge is 0.242 e. The minimum Gasteiger partial charge on any atom is -0.338 e. The van der Waals surface area contributed by atoms with E-state index in [-0.39, 0.29) is 36.6 Å². The second-order valence-corrected chi connectivity index (χ2v) is 5.86. The lowest BCUT2D eigenvalue weighted by Crippen LogP contribution is -2.58. The molecule has 0 saturated carbocycles. The Kier molecular flexibility index (Phi) is 11.1. The average molecular weight is 357 g/mol. The van der Waals surface area contributed by atoms with Crippen LogP contribution in [0.2, 0.25) is 0 Å². The molecule has 22 heavy (non-hydrogen) atoms. The van der Waals surface area contributed by atoms with Crippen LogP contribution < -0.4 is 5.73 Å². The Morgan fingerprint density at radius 3 is 1.77 bits per heavy atom. The first-order chi connectivity index (χ1) is 9.29. The number of nitrogens with two attached hydrogens (primary N) is 1. The molecule has 0 bridgehead atoms. The summed E-state index contributed by atoms with van der Waals surface area (Å²) in [6.07, 6.45) is 0. The largest absolute Gasteiger partial charge is 0.338 e. The molecule has 1 saturated heterocycles. The van der Waals surface area contributed by atoms with Gasteiger partial charge >= 0.3 is 0 Å². The Hall–Kier alpha value is -0.560. The molecule has 0 unspecified atom stereocenters. The van der Waals surface area contributed by atoms with E-state index >= 15 is 0 Å². The van der Waals surface area contributed by atoms with Gasteiger partial charge in [-0.15, -0.1) is 24.8 Å². The number of rotatable bonds is 5. The zero-order chi connectivity index (χ0) is 15.3. The van der Waals surface area contributed by atoms with Gasteiger partial charge in [0.15, 0.2) is 0 Å². The molecule has 132 valence electrons. The number of nitrogens with zero attached hydrogens (tertiary/aromatic N) is 3. The fourth-order valence-corrected chi connectivity index (χ4v) is 2.30. The Bertz CT molecular complexity index is 349. The van der Waals surface area contributed by atoms with E-state index < -0.39 is 5.54 Å². The zero-order valence-corrected chi connectivity index (χ0v) is 15.6. The van der Waals surface area contributed by atoms with Gasteiger partial charge in [-0.2, -0.15) is 0 Å². The number of piperazine rings is 1. The van der Waals surface area contributed by atoms with Crippen molar-refractivity contribution in [3.05, 3.63) is 0 Å². The summed E-state index contributed by atoms with van der Waals surface area (Å²) in [6, 6.07) is 0. The summed E-state index contributed by atoms with van der Waals surface area (Å²) in [5.74, 6) is 0.0983. The van der Waals surface area contributed by atoms with E-state index in [0.29, 0.717) is 32.7 Å². The Morgan fingerprint density at radius 1 is 1.00 bits per heavy atom. The summed E-state index contributed by atoms with van der Waals surface area (Å²) < 4.78 is 0. The molecule has 2 N–H and O–H groups in total. The van der Waals surface area contributed by atoms with Crippen molar-refractivity contribution in [3.8, 4) is 0 Å². The highest BCUT2D eigenvalue weighted by Gasteiger charge is 2.31. The summed E-state index contributed by atoms with van der Waals surface area (Å²) in [6.45, 7) is 12.1. The van der Waals surface area contributed by atoms with Crippen molar-refractivity contribution >= 4 is 36.6 Å². The lowest BCUT2D eigenvalue weighted by molar-refractivity contribution is -0.142. The number of hydrogen-bond donors (Lipinski definition) is 1. The van der Waals surface area contributed by atoms with Crippen molar-refractivity contribution < 1.29 is 9.59 Å². The highest BCUT2D eigenvalue weighted by atomic mass is 35.5. The predicted octanol–water partition coefficient (Wildman–Crippen LogP) is 0.580. The number of halogens is 2. The molecule has 0 radical (unpaired) electrons. The monoisotopic (exact) mass is 356 g/mol. The molecule has 0 aromatic rings. The van der Waals surface area contributed by atoms with Gasteiger partial charge in [-0.25, -0.2) is 0 Å². The van der Waals surface area contributed by atoms with Crippen LogP contribution in [0.4, 0.5) is 0 Å². The molecule has 1 aliphatic rings. The Labute approximate surface area is 146 Å². The Balaban J connectivity index is 0. The van der Waals surface area contributed by atoms with Gasteiger partial charge in [-0.05, 0) is 26.9 Å². The van der Waals surface area contributed by atoms with Gasteiger partial charge in [0.05, 0.1) is 12.1 Å². The fourth-order valence-electron chi connectivity index (χ4n) is 2.30. The second-order valence-electron chi connectivity index (χ2n) is 5.86. The van der Waals surface area contributed by atoms with Gasteiger partial charge in [-0.1, -0.05) is 13.8 Å². The summed E-state index contributed by atoms with van der Waals surface area (Å²) in [4.78, 5) is 29.9. The molecule has 1 aliphatic heterocycles. The lowest BCUT2D eigenvalue weighted by Gasteiger charge is -2.38. The molecule has 8 heteroatoms. The van der Waals surface area contributed by atoms with Crippen LogP contribution in [0.5, 0.6) is 0 Å². The normalized spacial score (nSPS) is 15.2. The van der Waals surface area contributed by atoms with Crippen molar-refractivity contribution in [2.45, 2.75) is 33.2 Å². The summed E-state index contributed by atoms with van der Waals surface area (Å²) >= 11 is 0. The quantitative estimate of drug-likeness (QED) is 0.782. The minimum atomic E-state index is -0.840. The molecule has 6 nitrogen and oxygen atoms in total. The van der Waals surface area contributed by atoms with Gasteiger partial charge in [-0.3, -0.25) is 14.5 Å². The lowest BCUT2D eigenvalue weighted by atomic mass is 10.0. The van der Waals surface area contributed by atoms with Crippen molar-refractivity contribution in [2.24, 2.45) is 5.73 Å². The third-order valence-corrected chi connectivity index (χ3v) is 3.72. The second kappa shape index (κ2) is 10.3. The molecule has 0 aliphatic carbocycles. The molecule has 1 rings (SSSR count). The van der Waals surface area contributed by atoms with Crippen LogP contribution in [0.3, 0.4) is 0 Å². The number of amides is 2. The van der Waals surface area contributed by atoms with Crippen LogP contribution >= 0.6 is 24.8 Å². The first kappa shape index (κ1) is 23.7. The molecule has 2 amide bonds. The molecule has 1 fully saturated rings. The molecule has 0 atom stereocenters. The summed E-state index contributed by atoms with van der Waals surface area (Å²) in [5.41, 5.74) is 4.99. The van der Waals surface area contributed by atoms with Crippen molar-refractivity contribution in [2.75, 3.05) is 45.8 Å². The van der Waals surface area contributed by atoms with E-state index in [9.17, 15) is 9.59 Å². The van der Waals surface area contributed by atoms with Crippen molar-refractivity contribution in [1.29, 1.82) is 0 Å². The van der Waals surface area contributed by atoms with Gasteiger partial charge < -0.3 is 15.5 Å². The molecule has 0 aromatic carbocycles. The van der Waals surface area contributed by atoms with Crippen LogP contribution in [0.15, 0.2) is 0 Å². The van der Waals surface area contributed by atoms with Crippen LogP contribution in [0, 0.1) is 0 Å². The van der Waals surface area contributed by atoms with E-state index in [1.165, 1.54) is 0 Å². The van der Waals surface area contributed by atoms with E-state index in [0.717, 1.165) is 13.1 Å². The van der Waals surface area contributed by atoms with Gasteiger partial charge in [0, 0.05) is 26.2 Å². The standard InChI is InChI=1S/C14H28N4O2.2ClH/c1-5-16(6-2)11-12(19)17-7-9-18(10-8-17)13(20)14(3,4)15;;/h5-11,15H2,1-4H3;2*1H. The SMILES string of the molecule is CCN(CC)CC(=O)N1CCN(C(=O)C(C)(C)N)CC1.Cl.Cl. The van der Waals surface area contributed by atoms with E-state index in [4.69, 9.17) is 5.73 Å². The number of carbonyl (C=O) groups is 2. The first-order valence-corrected chi connectivity index (χ1v) is 7.38. The predicted molar refractivity (Wildman–Crippen MR) is 93.7 cm³/mol. The van der Waals surface area contributed by atoms with Crippen LogP contribution in [-0.4, -0.2) is 77.9 Å². The highest BCUT2D eigenvalue weighted by Crippen LogP contribution is 2.09. The van der Waals surface area contributed by atoms with Crippen molar-refractivity contribution in [3.63, 3.8) is 0 Å². The zero-order valence-electron chi connectivity index (χ0n) is 14.0. The maximum Gasteiger partial charge on any atom is 0.242 e. The van der Waals surface area contributed by atoms with Gasteiger partial charge in [0.25, 0.3) is 0 Å². The highest BCUT2D eigenvalue weighted by molar-refractivity contribution is 5.86. The van der Waals surface area contributed by atoms with E-state index in [1.807, 2.05) is 4.90 Å². The third kappa shape index (κ3) is 6.69. The number of hydrogen-bond acceptors (Lipinski definition) is 4. The molecule has 0 spiro atoms. The molecular formula is C14H30Cl2N4O2. The van der Waals surface area contributed by atoms with E-state index in [1.54, 1.807) is 18.7 Å². The topological polar surface area (TPSA) is 69.9 Å². The number of likely N-dealkylation sites (N-methyl/N-ethyl adjacent to an activating group) is 1. The van der Waals surface area contributed by atoms with Crippen LogP contribution in [0.25, 0.3) is 0 Å². The Morgan fingerprint density at radius 2 is 1.41 bits per heavy atom. The summed E-state index contributed by atoms with van der Waals surface area (Å²) in [5, 5.41) is 0. The van der Waals surface area contributed by atoms with Gasteiger partial charge in [0.2, 0.25) is 11.8 Å². The van der Waals surface area contributed by atoms with Crippen LogP contribution in [0.1, 0.15) is 27.7 Å². The third-order valence-electron chi connectivity index (χ3n) is 3.72. The van der Waals surface area contributed by atoms with Crippen molar-refractivity contribution in [1.82, 2.24) is 14.7 Å². The van der Waals surface area contributed by atoms with E-state index in [2.05, 4.69) is 18.7 Å². The minimum absolute atomic E-state index is 0. The fraction of sp³-hybridized carbons (Fsp3) is 0.857. The molecule has 0 aromatic heterocycles. The maximum absolute atomic E-state index is 12.2. The number of carbonyl (C=O) groups excluding carboxylic acids is 2. The summed E-state index contributed by atoms with van der Waals surface area (Å²) in [7, 11) is 0. The maximum atomic E-state index is 12.2. The molecular weight excluding hydrogens is 327 g/mol. The molecule has 1 heterocycles. The van der Waals surface area contributed by atoms with Gasteiger partial charge in [0.1, 0.15) is 0 Å². The average Bonchev–Trinajstić information content (AvgIpc) is 2.42. The van der Waals surface area contributed by atoms with Crippen LogP contribution in [-0.2, 0) is 9.59 Å².